The molecule has 112 valence electrons. The molecule has 5 heteroatoms. The van der Waals surface area contributed by atoms with E-state index >= 15 is 0 Å². The first kappa shape index (κ1) is 16.5. The van der Waals surface area contributed by atoms with Crippen molar-refractivity contribution in [2.75, 3.05) is 40.8 Å². The molecule has 20 heavy (non-hydrogen) atoms. The molecule has 1 aromatic rings. The molecular weight excluding hydrogens is 254 g/mol. The van der Waals surface area contributed by atoms with Gasteiger partial charge in [-0.05, 0) is 45.3 Å². The number of nitrogens with one attached hydrogen (secondary N) is 2. The Balaban J connectivity index is 2.27. The van der Waals surface area contributed by atoms with Gasteiger partial charge in [0, 0.05) is 13.1 Å². The van der Waals surface area contributed by atoms with E-state index in [0.29, 0.717) is 13.1 Å². The number of rotatable bonds is 9. The summed E-state index contributed by atoms with van der Waals surface area (Å²) in [6, 6.07) is 7.83. The molecule has 0 radical (unpaired) electrons. The molecular formula is C15H25N3O2. The Morgan fingerprint density at radius 1 is 1.25 bits per heavy atom. The Hall–Kier alpha value is -1.59. The summed E-state index contributed by atoms with van der Waals surface area (Å²) in [5, 5.41) is 5.65. The average molecular weight is 279 g/mol. The highest BCUT2D eigenvalue weighted by atomic mass is 16.5. The van der Waals surface area contributed by atoms with Crippen LogP contribution in [-0.4, -0.2) is 51.6 Å². The van der Waals surface area contributed by atoms with Gasteiger partial charge in [-0.2, -0.15) is 0 Å². The number of nitrogens with zero attached hydrogens (tertiary/aromatic N) is 1. The number of carbonyl (C=O) groups excluding carboxylic acids is 1. The lowest BCUT2D eigenvalue weighted by Gasteiger charge is -2.11. The summed E-state index contributed by atoms with van der Waals surface area (Å²) in [6.45, 7) is 2.63. The van der Waals surface area contributed by atoms with E-state index in [1.165, 1.54) is 0 Å². The molecule has 5 nitrogen and oxygen atoms in total. The van der Waals surface area contributed by atoms with E-state index in [4.69, 9.17) is 4.74 Å². The minimum atomic E-state index is -0.00323. The summed E-state index contributed by atoms with van der Waals surface area (Å²) in [6.07, 6.45) is 1.01. The lowest BCUT2D eigenvalue weighted by Crippen LogP contribution is -2.31. The van der Waals surface area contributed by atoms with E-state index in [1.54, 1.807) is 7.05 Å². The number of amides is 1. The van der Waals surface area contributed by atoms with Gasteiger partial charge in [-0.15, -0.1) is 0 Å². The van der Waals surface area contributed by atoms with Gasteiger partial charge < -0.3 is 20.3 Å². The third kappa shape index (κ3) is 7.11. The van der Waals surface area contributed by atoms with Crippen LogP contribution in [0.25, 0.3) is 0 Å². The fourth-order valence-corrected chi connectivity index (χ4v) is 1.70. The number of hydrogen-bond acceptors (Lipinski definition) is 4. The topological polar surface area (TPSA) is 53.6 Å². The summed E-state index contributed by atoms with van der Waals surface area (Å²) < 4.78 is 5.65. The monoisotopic (exact) mass is 279 g/mol. The number of ether oxygens (including phenoxy) is 1. The van der Waals surface area contributed by atoms with Crippen LogP contribution in [0.15, 0.2) is 24.3 Å². The second kappa shape index (κ2) is 9.34. The third-order valence-electron chi connectivity index (χ3n) is 2.77. The maximum absolute atomic E-state index is 11.3. The number of carbonyl (C=O) groups is 1. The number of benzene rings is 1. The summed E-state index contributed by atoms with van der Waals surface area (Å²) in [7, 11) is 5.86. The smallest absolute Gasteiger partial charge is 0.234 e. The molecule has 0 spiro atoms. The summed E-state index contributed by atoms with van der Waals surface area (Å²) in [5.74, 6) is 0.866. The molecule has 0 aliphatic heterocycles. The van der Waals surface area contributed by atoms with E-state index in [-0.39, 0.29) is 5.91 Å². The predicted molar refractivity (Wildman–Crippen MR) is 80.9 cm³/mol. The van der Waals surface area contributed by atoms with Crippen LogP contribution in [0.3, 0.4) is 0 Å². The number of likely N-dealkylation sites (N-methyl/N-ethyl adjacent to an activating group) is 1. The lowest BCUT2D eigenvalue weighted by molar-refractivity contribution is -0.120. The zero-order valence-electron chi connectivity index (χ0n) is 12.6. The van der Waals surface area contributed by atoms with Gasteiger partial charge in [-0.3, -0.25) is 4.79 Å². The molecule has 2 N–H and O–H groups in total. The van der Waals surface area contributed by atoms with Crippen molar-refractivity contribution in [3.05, 3.63) is 29.8 Å². The van der Waals surface area contributed by atoms with Crippen molar-refractivity contribution in [3.63, 3.8) is 0 Å². The highest BCUT2D eigenvalue weighted by molar-refractivity contribution is 5.77. The van der Waals surface area contributed by atoms with Gasteiger partial charge in [0.15, 0.2) is 0 Å². The van der Waals surface area contributed by atoms with Crippen LogP contribution in [0.5, 0.6) is 5.75 Å². The number of hydrogen-bond donors (Lipinski definition) is 2. The largest absolute Gasteiger partial charge is 0.494 e. The Morgan fingerprint density at radius 2 is 1.95 bits per heavy atom. The van der Waals surface area contributed by atoms with E-state index in [0.717, 1.165) is 30.9 Å². The van der Waals surface area contributed by atoms with Crippen LogP contribution in [0.2, 0.25) is 0 Å². The van der Waals surface area contributed by atoms with Crippen molar-refractivity contribution >= 4 is 5.91 Å². The Labute approximate surface area is 121 Å². The zero-order valence-corrected chi connectivity index (χ0v) is 12.6. The fraction of sp³-hybridized carbons (Fsp3) is 0.533. The molecule has 0 fully saturated rings. The maximum Gasteiger partial charge on any atom is 0.234 e. The normalized spacial score (nSPS) is 10.6. The van der Waals surface area contributed by atoms with Gasteiger partial charge in [0.1, 0.15) is 5.75 Å². The zero-order chi connectivity index (χ0) is 14.8. The predicted octanol–water partition coefficient (Wildman–Crippen LogP) is 0.853. The van der Waals surface area contributed by atoms with Crippen LogP contribution < -0.4 is 15.4 Å². The summed E-state index contributed by atoms with van der Waals surface area (Å²) in [5.41, 5.74) is 1.06. The Morgan fingerprint density at radius 3 is 2.55 bits per heavy atom. The standard InChI is InChI=1S/C15H25N3O2/c1-16-12-15(19)17-11-13-5-7-14(8-6-13)20-10-4-9-18(2)3/h5-8,16H,4,9-12H2,1-3H3,(H,17,19). The molecule has 1 rings (SSSR count). The van der Waals surface area contributed by atoms with Crippen LogP contribution >= 0.6 is 0 Å². The van der Waals surface area contributed by atoms with Crippen LogP contribution in [0.1, 0.15) is 12.0 Å². The Bertz CT molecular complexity index is 391. The molecule has 0 saturated carbocycles. The van der Waals surface area contributed by atoms with E-state index in [1.807, 2.05) is 24.3 Å². The van der Waals surface area contributed by atoms with Gasteiger partial charge in [-0.25, -0.2) is 0 Å². The average Bonchev–Trinajstić information content (AvgIpc) is 2.43. The summed E-state index contributed by atoms with van der Waals surface area (Å²) in [4.78, 5) is 13.4. The quantitative estimate of drug-likeness (QED) is 0.658. The second-order valence-electron chi connectivity index (χ2n) is 4.96. The second-order valence-corrected chi connectivity index (χ2v) is 4.96. The van der Waals surface area contributed by atoms with Gasteiger partial charge in [0.05, 0.1) is 13.2 Å². The lowest BCUT2D eigenvalue weighted by atomic mass is 10.2. The highest BCUT2D eigenvalue weighted by Crippen LogP contribution is 2.12. The van der Waals surface area contributed by atoms with E-state index < -0.39 is 0 Å². The van der Waals surface area contributed by atoms with Crippen LogP contribution in [-0.2, 0) is 11.3 Å². The molecule has 0 heterocycles. The van der Waals surface area contributed by atoms with Gasteiger partial charge >= 0.3 is 0 Å². The van der Waals surface area contributed by atoms with E-state index in [9.17, 15) is 4.79 Å². The first-order valence-corrected chi connectivity index (χ1v) is 6.89. The molecule has 0 atom stereocenters. The molecule has 0 unspecified atom stereocenters. The molecule has 0 saturated heterocycles. The molecule has 0 aliphatic carbocycles. The first-order chi connectivity index (χ1) is 9.61. The third-order valence-corrected chi connectivity index (χ3v) is 2.77. The van der Waals surface area contributed by atoms with Gasteiger partial charge in [-0.1, -0.05) is 12.1 Å². The SMILES string of the molecule is CNCC(=O)NCc1ccc(OCCCN(C)C)cc1. The Kier molecular flexibility index (Phi) is 7.69. The van der Waals surface area contributed by atoms with Crippen molar-refractivity contribution in [3.8, 4) is 5.75 Å². The van der Waals surface area contributed by atoms with Crippen molar-refractivity contribution in [1.29, 1.82) is 0 Å². The van der Waals surface area contributed by atoms with Crippen molar-refractivity contribution in [2.24, 2.45) is 0 Å². The van der Waals surface area contributed by atoms with Crippen molar-refractivity contribution in [1.82, 2.24) is 15.5 Å². The maximum atomic E-state index is 11.3. The fourth-order valence-electron chi connectivity index (χ4n) is 1.70. The first-order valence-electron chi connectivity index (χ1n) is 6.89. The molecule has 0 bridgehead atoms. The molecule has 0 aliphatic rings. The summed E-state index contributed by atoms with van der Waals surface area (Å²) >= 11 is 0. The van der Waals surface area contributed by atoms with E-state index in [2.05, 4.69) is 29.6 Å². The highest BCUT2D eigenvalue weighted by Gasteiger charge is 2.00. The minimum Gasteiger partial charge on any atom is -0.494 e. The molecule has 1 amide bonds. The van der Waals surface area contributed by atoms with Crippen molar-refractivity contribution in [2.45, 2.75) is 13.0 Å². The molecule has 1 aromatic carbocycles. The van der Waals surface area contributed by atoms with Gasteiger partial charge in [0.2, 0.25) is 5.91 Å². The van der Waals surface area contributed by atoms with Crippen LogP contribution in [0.4, 0.5) is 0 Å². The molecule has 0 aromatic heterocycles. The minimum absolute atomic E-state index is 0.00323. The van der Waals surface area contributed by atoms with Crippen molar-refractivity contribution < 1.29 is 9.53 Å². The van der Waals surface area contributed by atoms with Gasteiger partial charge in [0.25, 0.3) is 0 Å². The van der Waals surface area contributed by atoms with Crippen LogP contribution in [0, 0.1) is 0 Å².